The van der Waals surface area contributed by atoms with Gasteiger partial charge < -0.3 is 10.6 Å². The second-order valence-electron chi connectivity index (χ2n) is 6.93. The first-order valence-electron chi connectivity index (χ1n) is 9.52. The quantitative estimate of drug-likeness (QED) is 0.501. The molecule has 3 rings (SSSR count). The van der Waals surface area contributed by atoms with Crippen molar-refractivity contribution in [1.82, 2.24) is 4.90 Å². The Morgan fingerprint density at radius 1 is 1.18 bits per heavy atom. The van der Waals surface area contributed by atoms with Gasteiger partial charge in [0.25, 0.3) is 0 Å². The van der Waals surface area contributed by atoms with Crippen LogP contribution in [0.15, 0.2) is 66.1 Å². The summed E-state index contributed by atoms with van der Waals surface area (Å²) in [5, 5.41) is 2.45. The fourth-order valence-electron chi connectivity index (χ4n) is 3.09. The van der Waals surface area contributed by atoms with Crippen molar-refractivity contribution in [2.45, 2.75) is 18.7 Å². The van der Waals surface area contributed by atoms with Crippen LogP contribution in [0, 0.1) is 0 Å². The summed E-state index contributed by atoms with van der Waals surface area (Å²) in [6, 6.07) is 18.3. The molecule has 2 N–H and O–H groups in total. The first-order chi connectivity index (χ1) is 13.5. The van der Waals surface area contributed by atoms with Crippen LogP contribution in [0.4, 0.5) is 5.69 Å². The summed E-state index contributed by atoms with van der Waals surface area (Å²) >= 11 is 1.80. The van der Waals surface area contributed by atoms with E-state index in [9.17, 15) is 4.21 Å². The third kappa shape index (κ3) is 5.46. The molecule has 28 heavy (non-hydrogen) atoms. The van der Waals surface area contributed by atoms with Gasteiger partial charge >= 0.3 is 0 Å². The molecule has 0 radical (unpaired) electrons. The van der Waals surface area contributed by atoms with Crippen LogP contribution < -0.4 is 5.73 Å². The number of benzene rings is 2. The number of nitrogens with zero attached hydrogens (tertiary/aromatic N) is 1. The van der Waals surface area contributed by atoms with Crippen molar-refractivity contribution in [1.29, 1.82) is 0 Å². The monoisotopic (exact) mass is 412 g/mol. The van der Waals surface area contributed by atoms with E-state index in [4.69, 9.17) is 5.73 Å². The summed E-state index contributed by atoms with van der Waals surface area (Å²) in [6.45, 7) is 2.81. The van der Waals surface area contributed by atoms with Crippen molar-refractivity contribution >= 4 is 44.6 Å². The van der Waals surface area contributed by atoms with E-state index in [0.29, 0.717) is 11.5 Å². The third-order valence-corrected chi connectivity index (χ3v) is 7.97. The maximum Gasteiger partial charge on any atom is 0.0980 e. The van der Waals surface area contributed by atoms with Crippen LogP contribution in [-0.2, 0) is 9.52 Å². The van der Waals surface area contributed by atoms with Crippen LogP contribution in [0.3, 0.4) is 0 Å². The molecule has 3 nitrogen and oxygen atoms in total. The second kappa shape index (κ2) is 9.39. The van der Waals surface area contributed by atoms with Crippen LogP contribution in [0.1, 0.15) is 24.5 Å². The predicted octanol–water partition coefficient (Wildman–Crippen LogP) is 4.78. The Morgan fingerprint density at radius 3 is 2.57 bits per heavy atom. The second-order valence-corrected chi connectivity index (χ2v) is 10.8. The summed E-state index contributed by atoms with van der Waals surface area (Å²) < 4.78 is 12.3. The Hall–Kier alpha value is -2.11. The lowest BCUT2D eigenvalue weighted by molar-refractivity contribution is 0.420. The molecule has 5 heteroatoms. The fraction of sp³-hybridized carbons (Fsp3) is 0.261. The molecule has 1 aliphatic rings. The smallest absolute Gasteiger partial charge is 0.0980 e. The molecular weight excluding hydrogens is 384 g/mol. The number of hydrogen-bond donors (Lipinski definition) is 1. The van der Waals surface area contributed by atoms with Crippen LogP contribution >= 0.6 is 11.8 Å². The lowest BCUT2D eigenvalue weighted by Crippen LogP contribution is -2.29. The van der Waals surface area contributed by atoms with Gasteiger partial charge in [-0.2, -0.15) is 0 Å². The van der Waals surface area contributed by atoms with Crippen molar-refractivity contribution in [3.05, 3.63) is 77.2 Å². The Balaban J connectivity index is 1.75. The first kappa shape index (κ1) is 20.6. The van der Waals surface area contributed by atoms with Crippen LogP contribution in [0.5, 0.6) is 0 Å². The number of nitrogen functional groups attached to an aromatic ring is 1. The summed E-state index contributed by atoms with van der Waals surface area (Å²) in [7, 11) is -1.95. The topological polar surface area (TPSA) is 46.3 Å². The summed E-state index contributed by atoms with van der Waals surface area (Å²) in [5.74, 6) is 5.21. The number of rotatable bonds is 8. The molecule has 1 aliphatic heterocycles. The van der Waals surface area contributed by atoms with Crippen molar-refractivity contribution in [2.75, 3.05) is 23.8 Å². The van der Waals surface area contributed by atoms with Crippen molar-refractivity contribution in [3.63, 3.8) is 0 Å². The highest BCUT2D eigenvalue weighted by molar-refractivity contribution is 8.03. The maximum absolute atomic E-state index is 12.3. The SMILES string of the molecule is C=S(=O)(CC)CCCN1C(c2ccccc2)=CSC1/C=C/c1ccc(N)cc1. The molecule has 2 aromatic carbocycles. The molecule has 0 amide bonds. The van der Waals surface area contributed by atoms with Gasteiger partial charge in [0.2, 0.25) is 0 Å². The molecule has 2 unspecified atom stereocenters. The minimum absolute atomic E-state index is 0.218. The van der Waals surface area contributed by atoms with Gasteiger partial charge in [0.15, 0.2) is 0 Å². The van der Waals surface area contributed by atoms with Crippen molar-refractivity contribution in [3.8, 4) is 0 Å². The van der Waals surface area contributed by atoms with E-state index in [2.05, 4.69) is 52.6 Å². The van der Waals surface area contributed by atoms with Gasteiger partial charge in [-0.1, -0.05) is 61.5 Å². The molecule has 0 aromatic heterocycles. The zero-order chi connectivity index (χ0) is 20.0. The lowest BCUT2D eigenvalue weighted by Gasteiger charge is -2.28. The van der Waals surface area contributed by atoms with Crippen LogP contribution in [0.2, 0.25) is 0 Å². The average Bonchev–Trinajstić information content (AvgIpc) is 3.11. The van der Waals surface area contributed by atoms with Crippen molar-refractivity contribution < 1.29 is 4.21 Å². The first-order valence-corrected chi connectivity index (χ1v) is 12.5. The predicted molar refractivity (Wildman–Crippen MR) is 128 cm³/mol. The van der Waals surface area contributed by atoms with E-state index in [0.717, 1.165) is 24.2 Å². The van der Waals surface area contributed by atoms with E-state index in [1.807, 2.05) is 37.3 Å². The van der Waals surface area contributed by atoms with Gasteiger partial charge in [-0.25, -0.2) is 0 Å². The molecule has 0 saturated heterocycles. The highest BCUT2D eigenvalue weighted by atomic mass is 32.2. The number of thioether (sulfide) groups is 1. The standard InChI is InChI=1S/C23H28N2OS2/c1-3-28(2,26)17-7-16-25-22(20-8-5-4-6-9-20)18-27-23(25)15-12-19-10-13-21(24)14-11-19/h4-6,8-15,18,23H,2-3,7,16-17,24H2,1H3/b15-12+. The van der Waals surface area contributed by atoms with Crippen LogP contribution in [0.25, 0.3) is 11.8 Å². The van der Waals surface area contributed by atoms with Gasteiger partial charge in [-0.05, 0) is 50.5 Å². The van der Waals surface area contributed by atoms with E-state index < -0.39 is 9.52 Å². The highest BCUT2D eigenvalue weighted by Crippen LogP contribution is 2.37. The minimum Gasteiger partial charge on any atom is -0.399 e. The van der Waals surface area contributed by atoms with E-state index >= 15 is 0 Å². The zero-order valence-corrected chi connectivity index (χ0v) is 17.9. The van der Waals surface area contributed by atoms with Gasteiger partial charge in [0.05, 0.1) is 11.1 Å². The van der Waals surface area contributed by atoms with Crippen molar-refractivity contribution in [2.24, 2.45) is 0 Å². The Kier molecular flexibility index (Phi) is 6.92. The van der Waals surface area contributed by atoms with E-state index in [1.54, 1.807) is 11.8 Å². The number of anilines is 1. The Labute approximate surface area is 173 Å². The molecule has 2 aromatic rings. The molecule has 0 bridgehead atoms. The van der Waals surface area contributed by atoms with E-state index in [1.165, 1.54) is 11.3 Å². The highest BCUT2D eigenvalue weighted by Gasteiger charge is 2.25. The molecular formula is C23H28N2OS2. The summed E-state index contributed by atoms with van der Waals surface area (Å²) in [4.78, 5) is 2.40. The van der Waals surface area contributed by atoms with E-state index in [-0.39, 0.29) is 5.37 Å². The third-order valence-electron chi connectivity index (χ3n) is 4.84. The molecule has 0 saturated carbocycles. The normalized spacial score (nSPS) is 19.0. The molecule has 1 heterocycles. The fourth-order valence-corrected chi connectivity index (χ4v) is 5.11. The molecule has 0 fully saturated rings. The average molecular weight is 413 g/mol. The Morgan fingerprint density at radius 2 is 1.89 bits per heavy atom. The molecule has 2 atom stereocenters. The minimum atomic E-state index is -1.95. The van der Waals surface area contributed by atoms with Crippen LogP contribution in [-0.4, -0.2) is 38.4 Å². The largest absolute Gasteiger partial charge is 0.399 e. The van der Waals surface area contributed by atoms with Gasteiger partial charge in [-0.3, -0.25) is 4.21 Å². The zero-order valence-electron chi connectivity index (χ0n) is 16.3. The summed E-state index contributed by atoms with van der Waals surface area (Å²) in [5.41, 5.74) is 10.1. The molecule has 0 spiro atoms. The molecule has 148 valence electrons. The van der Waals surface area contributed by atoms with Gasteiger partial charge in [0, 0.05) is 23.7 Å². The number of hydrogen-bond acceptors (Lipinski definition) is 4. The number of nitrogens with two attached hydrogens (primary N) is 1. The Bertz CT molecular complexity index is 932. The maximum atomic E-state index is 12.3. The van der Waals surface area contributed by atoms with Gasteiger partial charge in [0.1, 0.15) is 0 Å². The van der Waals surface area contributed by atoms with Gasteiger partial charge in [-0.15, -0.1) is 11.8 Å². The molecule has 0 aliphatic carbocycles. The lowest BCUT2D eigenvalue weighted by atomic mass is 10.1. The summed E-state index contributed by atoms with van der Waals surface area (Å²) in [6.07, 6.45) is 5.24.